The summed E-state index contributed by atoms with van der Waals surface area (Å²) < 4.78 is 1.85. The topological polar surface area (TPSA) is 50.5 Å². The number of hydrogen-bond donors (Lipinski definition) is 0. The number of likely N-dealkylation sites (N-methyl/N-ethyl adjacent to an activating group) is 1. The van der Waals surface area contributed by atoms with E-state index in [1.165, 1.54) is 4.88 Å². The Bertz CT molecular complexity index is 1240. The minimum Gasteiger partial charge on any atom is -0.343 e. The molecule has 168 valence electrons. The largest absolute Gasteiger partial charge is 0.343 e. The molecule has 5 nitrogen and oxygen atoms in total. The Hall–Kier alpha value is -2.15. The summed E-state index contributed by atoms with van der Waals surface area (Å²) in [6, 6.07) is 9.68. The van der Waals surface area contributed by atoms with E-state index in [2.05, 4.69) is 31.0 Å². The molecule has 0 unspecified atom stereocenters. The van der Waals surface area contributed by atoms with Crippen molar-refractivity contribution in [1.29, 1.82) is 0 Å². The summed E-state index contributed by atoms with van der Waals surface area (Å²) >= 11 is 14.5. The second-order valence-corrected chi connectivity index (χ2v) is 11.1. The standard InChI is InChI=1S/C24H26Cl2N4OS/c1-13(2)11-16-8-10-19(32-16)21-14(3)20(22-27-23(31)24(4,5)29(22)6)28-30(21)18-9-7-15(25)12-17(18)26/h7-10,12-13H,11H2,1-6H3. The molecule has 4 rings (SSSR count). The molecule has 3 aromatic rings. The Kier molecular flexibility index (Phi) is 5.99. The fourth-order valence-corrected chi connectivity index (χ4v) is 5.57. The number of carbonyl (C=O) groups excluding carboxylic acids is 1. The van der Waals surface area contributed by atoms with Crippen molar-refractivity contribution in [3.05, 3.63) is 56.5 Å². The summed E-state index contributed by atoms with van der Waals surface area (Å²) in [5, 5.41) is 5.99. The monoisotopic (exact) mass is 488 g/mol. The van der Waals surface area contributed by atoms with Gasteiger partial charge in [0.1, 0.15) is 11.2 Å². The lowest BCUT2D eigenvalue weighted by atomic mass is 10.0. The number of amides is 1. The van der Waals surface area contributed by atoms with Gasteiger partial charge in [-0.15, -0.1) is 11.3 Å². The third-order valence-corrected chi connectivity index (χ3v) is 7.52. The van der Waals surface area contributed by atoms with Crippen LogP contribution in [0, 0.1) is 12.8 Å². The lowest BCUT2D eigenvalue weighted by molar-refractivity contribution is -0.123. The molecule has 0 aliphatic carbocycles. The zero-order valence-electron chi connectivity index (χ0n) is 19.0. The molecule has 0 atom stereocenters. The van der Waals surface area contributed by atoms with Crippen LogP contribution in [0.2, 0.25) is 10.0 Å². The van der Waals surface area contributed by atoms with Gasteiger partial charge in [0, 0.05) is 22.5 Å². The van der Waals surface area contributed by atoms with Crippen molar-refractivity contribution in [2.75, 3.05) is 7.05 Å². The Labute approximate surface area is 202 Å². The molecule has 0 fully saturated rings. The van der Waals surface area contributed by atoms with Crippen molar-refractivity contribution >= 4 is 46.3 Å². The summed E-state index contributed by atoms with van der Waals surface area (Å²) in [5.41, 5.74) is 2.58. The summed E-state index contributed by atoms with van der Waals surface area (Å²) in [4.78, 5) is 21.2. The van der Waals surface area contributed by atoms with E-state index in [0.29, 0.717) is 27.5 Å². The number of thiophene rings is 1. The Morgan fingerprint density at radius 1 is 1.16 bits per heavy atom. The number of halogens is 2. The molecule has 0 spiro atoms. The van der Waals surface area contributed by atoms with E-state index in [1.54, 1.807) is 23.5 Å². The summed E-state index contributed by atoms with van der Waals surface area (Å²) in [7, 11) is 1.88. The first kappa shape index (κ1) is 23.0. The van der Waals surface area contributed by atoms with Crippen LogP contribution in [0.4, 0.5) is 0 Å². The van der Waals surface area contributed by atoms with Crippen molar-refractivity contribution in [3.63, 3.8) is 0 Å². The molecule has 1 aliphatic rings. The van der Waals surface area contributed by atoms with E-state index < -0.39 is 5.54 Å². The highest BCUT2D eigenvalue weighted by atomic mass is 35.5. The van der Waals surface area contributed by atoms with Gasteiger partial charge in [-0.1, -0.05) is 37.0 Å². The molecule has 0 saturated heterocycles. The van der Waals surface area contributed by atoms with Gasteiger partial charge >= 0.3 is 0 Å². The molecule has 0 radical (unpaired) electrons. The highest BCUT2D eigenvalue weighted by Crippen LogP contribution is 2.38. The first-order chi connectivity index (χ1) is 15.0. The zero-order valence-corrected chi connectivity index (χ0v) is 21.4. The predicted octanol–water partition coefficient (Wildman–Crippen LogP) is 6.41. The quantitative estimate of drug-likeness (QED) is 0.416. The predicted molar refractivity (Wildman–Crippen MR) is 134 cm³/mol. The van der Waals surface area contributed by atoms with E-state index >= 15 is 0 Å². The average molecular weight is 489 g/mol. The van der Waals surface area contributed by atoms with E-state index in [9.17, 15) is 4.79 Å². The summed E-state index contributed by atoms with van der Waals surface area (Å²) in [5.74, 6) is 0.968. The van der Waals surface area contributed by atoms with Gasteiger partial charge in [-0.3, -0.25) is 4.79 Å². The van der Waals surface area contributed by atoms with Crippen LogP contribution >= 0.6 is 34.5 Å². The second kappa shape index (κ2) is 8.32. The SMILES string of the molecule is Cc1c(C2=NC(=O)C(C)(C)N2C)nn(-c2ccc(Cl)cc2Cl)c1-c1ccc(CC(C)C)s1. The lowest BCUT2D eigenvalue weighted by Gasteiger charge is -2.27. The number of carbonyl (C=O) groups is 1. The van der Waals surface area contributed by atoms with Gasteiger partial charge in [0.25, 0.3) is 5.91 Å². The lowest BCUT2D eigenvalue weighted by Crippen LogP contribution is -2.44. The summed E-state index contributed by atoms with van der Waals surface area (Å²) in [6.45, 7) is 10.2. The van der Waals surface area contributed by atoms with Crippen LogP contribution in [0.25, 0.3) is 16.3 Å². The van der Waals surface area contributed by atoms with Crippen LogP contribution < -0.4 is 0 Å². The van der Waals surface area contributed by atoms with Gasteiger partial charge in [-0.05, 0) is 63.4 Å². The molecule has 32 heavy (non-hydrogen) atoms. The maximum absolute atomic E-state index is 12.5. The van der Waals surface area contributed by atoms with Gasteiger partial charge in [-0.2, -0.15) is 10.1 Å². The molecular weight excluding hydrogens is 463 g/mol. The molecule has 1 amide bonds. The van der Waals surface area contributed by atoms with Crippen LogP contribution in [0.1, 0.15) is 43.8 Å². The third-order valence-electron chi connectivity index (χ3n) is 5.86. The Morgan fingerprint density at radius 2 is 1.88 bits per heavy atom. The van der Waals surface area contributed by atoms with Crippen molar-refractivity contribution in [2.24, 2.45) is 10.9 Å². The molecule has 8 heteroatoms. The van der Waals surface area contributed by atoms with Crippen LogP contribution in [0.3, 0.4) is 0 Å². The number of amidine groups is 1. The smallest absolute Gasteiger partial charge is 0.273 e. The fraction of sp³-hybridized carbons (Fsp3) is 0.375. The molecule has 1 aliphatic heterocycles. The second-order valence-electron chi connectivity index (χ2n) is 9.05. The molecule has 0 bridgehead atoms. The van der Waals surface area contributed by atoms with Crippen molar-refractivity contribution in [3.8, 4) is 16.3 Å². The van der Waals surface area contributed by atoms with E-state index in [1.807, 2.05) is 43.5 Å². The van der Waals surface area contributed by atoms with Crippen molar-refractivity contribution in [2.45, 2.75) is 46.6 Å². The van der Waals surface area contributed by atoms with Crippen LogP contribution in [0.5, 0.6) is 0 Å². The molecular formula is C24H26Cl2N4OS. The third kappa shape index (κ3) is 3.89. The van der Waals surface area contributed by atoms with Crippen LogP contribution in [-0.2, 0) is 11.2 Å². The van der Waals surface area contributed by atoms with E-state index in [-0.39, 0.29) is 5.91 Å². The van der Waals surface area contributed by atoms with Crippen molar-refractivity contribution in [1.82, 2.24) is 14.7 Å². The van der Waals surface area contributed by atoms with Crippen LogP contribution in [-0.4, -0.2) is 39.0 Å². The van der Waals surface area contributed by atoms with Gasteiger partial charge in [0.15, 0.2) is 5.84 Å². The van der Waals surface area contributed by atoms with E-state index in [4.69, 9.17) is 28.3 Å². The highest BCUT2D eigenvalue weighted by molar-refractivity contribution is 7.15. The van der Waals surface area contributed by atoms with Gasteiger partial charge in [0.05, 0.1) is 21.3 Å². The molecule has 0 N–H and O–H groups in total. The minimum absolute atomic E-state index is 0.176. The number of nitrogens with zero attached hydrogens (tertiary/aromatic N) is 4. The average Bonchev–Trinajstić information content (AvgIpc) is 3.33. The molecule has 3 heterocycles. The number of benzene rings is 1. The van der Waals surface area contributed by atoms with Gasteiger partial charge < -0.3 is 4.90 Å². The summed E-state index contributed by atoms with van der Waals surface area (Å²) in [6.07, 6.45) is 1.02. The minimum atomic E-state index is -0.711. The van der Waals surface area contributed by atoms with Gasteiger partial charge in [-0.25, -0.2) is 4.68 Å². The highest BCUT2D eigenvalue weighted by Gasteiger charge is 2.42. The Balaban J connectivity index is 1.93. The first-order valence-electron chi connectivity index (χ1n) is 10.5. The molecule has 0 saturated carbocycles. The molecule has 1 aromatic carbocycles. The Morgan fingerprint density at radius 3 is 2.47 bits per heavy atom. The van der Waals surface area contributed by atoms with Crippen LogP contribution in [0.15, 0.2) is 35.3 Å². The van der Waals surface area contributed by atoms with E-state index in [0.717, 1.165) is 28.2 Å². The fourth-order valence-electron chi connectivity index (χ4n) is 3.77. The first-order valence-corrected chi connectivity index (χ1v) is 12.1. The van der Waals surface area contributed by atoms with Gasteiger partial charge in [0.2, 0.25) is 0 Å². The maximum atomic E-state index is 12.5. The number of aromatic nitrogens is 2. The zero-order chi connectivity index (χ0) is 23.4. The maximum Gasteiger partial charge on any atom is 0.273 e. The van der Waals surface area contributed by atoms with Crippen molar-refractivity contribution < 1.29 is 4.79 Å². The number of hydrogen-bond acceptors (Lipinski definition) is 4. The molecule has 2 aromatic heterocycles. The number of rotatable bonds is 5. The number of aliphatic imine (C=N–C) groups is 1. The normalized spacial score (nSPS) is 15.7.